The number of nitrogens with one attached hydrogen (secondary N) is 1. The number of rotatable bonds is 4. The minimum Gasteiger partial charge on any atom is -0.497 e. The highest BCUT2D eigenvalue weighted by Crippen LogP contribution is 2.58. The Kier molecular flexibility index (Phi) is 5.13. The lowest BCUT2D eigenvalue weighted by Crippen LogP contribution is -2.38. The van der Waals surface area contributed by atoms with Crippen LogP contribution in [0.2, 0.25) is 0 Å². The maximum atomic E-state index is 9.55. The summed E-state index contributed by atoms with van der Waals surface area (Å²) in [6.07, 6.45) is 7.36. The van der Waals surface area contributed by atoms with Gasteiger partial charge >= 0.3 is 11.9 Å². The first-order valence-electron chi connectivity index (χ1n) is 8.65. The lowest BCUT2D eigenvalue weighted by Gasteiger charge is -2.37. The summed E-state index contributed by atoms with van der Waals surface area (Å²) in [6.45, 7) is 2.29. The number of carboxylic acid groups (broad SMARTS) is 2. The molecule has 1 aromatic carbocycles. The van der Waals surface area contributed by atoms with Crippen molar-refractivity contribution in [3.05, 3.63) is 54.1 Å². The zero-order valence-electron chi connectivity index (χ0n) is 14.6. The molecule has 1 saturated heterocycles. The summed E-state index contributed by atoms with van der Waals surface area (Å²) in [5, 5.41) is 19.2. The number of methoxy groups -OCH3 is 1. The molecular weight excluding hydrogens is 334 g/mol. The van der Waals surface area contributed by atoms with Crippen LogP contribution in [0.3, 0.4) is 0 Å². The smallest absolute Gasteiger partial charge is 0.328 e. The van der Waals surface area contributed by atoms with Crippen LogP contribution in [0.25, 0.3) is 0 Å². The van der Waals surface area contributed by atoms with E-state index in [1.54, 1.807) is 7.11 Å². The maximum absolute atomic E-state index is 9.55. The fourth-order valence-corrected chi connectivity index (χ4v) is 4.68. The standard InChI is InChI=1S/C16H19NO.C4H4O4/c1-18-14-4-2-3-12(8-14)16-10-17-9-15(16)11-5-6-13(16)7-11;5-3(6)1-2-4(7)8/h2-6,8,11,13,15,17H,7,9-10H2,1H3;1-2H,(H,5,6)(H,7,8). The monoisotopic (exact) mass is 357 g/mol. The number of carbonyl (C=O) groups is 2. The molecule has 0 amide bonds. The van der Waals surface area contributed by atoms with E-state index in [4.69, 9.17) is 14.9 Å². The molecule has 1 aromatic rings. The summed E-state index contributed by atoms with van der Waals surface area (Å²) >= 11 is 0. The Morgan fingerprint density at radius 1 is 1.23 bits per heavy atom. The van der Waals surface area contributed by atoms with Crippen LogP contribution in [-0.2, 0) is 15.0 Å². The van der Waals surface area contributed by atoms with E-state index in [-0.39, 0.29) is 0 Å². The molecule has 0 spiro atoms. The van der Waals surface area contributed by atoms with Gasteiger partial charge in [-0.1, -0.05) is 24.3 Å². The molecule has 0 aromatic heterocycles. The van der Waals surface area contributed by atoms with Gasteiger partial charge in [0.15, 0.2) is 0 Å². The Hall–Kier alpha value is -2.60. The minimum absolute atomic E-state index is 0.327. The topological polar surface area (TPSA) is 95.9 Å². The summed E-state index contributed by atoms with van der Waals surface area (Å²) in [6, 6.07) is 8.71. The van der Waals surface area contributed by atoms with Gasteiger partial charge in [0.25, 0.3) is 0 Å². The number of hydrogen-bond acceptors (Lipinski definition) is 4. The van der Waals surface area contributed by atoms with Crippen molar-refractivity contribution >= 4 is 11.9 Å². The molecule has 1 aliphatic heterocycles. The normalized spacial score (nSPS) is 30.7. The molecule has 26 heavy (non-hydrogen) atoms. The fraction of sp³-hybridized carbons (Fsp3) is 0.400. The largest absolute Gasteiger partial charge is 0.497 e. The first-order valence-corrected chi connectivity index (χ1v) is 8.65. The molecule has 1 saturated carbocycles. The average molecular weight is 357 g/mol. The highest BCUT2D eigenvalue weighted by Gasteiger charge is 2.58. The second-order valence-corrected chi connectivity index (χ2v) is 6.91. The molecule has 138 valence electrons. The van der Waals surface area contributed by atoms with Crippen LogP contribution in [0.1, 0.15) is 12.0 Å². The van der Waals surface area contributed by atoms with Crippen molar-refractivity contribution in [2.24, 2.45) is 17.8 Å². The van der Waals surface area contributed by atoms with Crippen LogP contribution in [-0.4, -0.2) is 42.4 Å². The molecule has 2 bridgehead atoms. The Morgan fingerprint density at radius 3 is 2.62 bits per heavy atom. The van der Waals surface area contributed by atoms with Crippen molar-refractivity contribution in [1.82, 2.24) is 5.32 Å². The van der Waals surface area contributed by atoms with Gasteiger partial charge in [0, 0.05) is 24.1 Å². The summed E-state index contributed by atoms with van der Waals surface area (Å²) in [7, 11) is 1.75. The van der Waals surface area contributed by atoms with Gasteiger partial charge in [-0.05, 0) is 48.4 Å². The van der Waals surface area contributed by atoms with Crippen LogP contribution in [0, 0.1) is 17.8 Å². The second-order valence-electron chi connectivity index (χ2n) is 6.91. The Balaban J connectivity index is 0.000000211. The molecular formula is C20H23NO5. The lowest BCUT2D eigenvalue weighted by molar-refractivity contribution is -0.134. The average Bonchev–Trinajstić information content (AvgIpc) is 3.33. The van der Waals surface area contributed by atoms with Gasteiger partial charge in [0.05, 0.1) is 7.11 Å². The Labute approximate surface area is 152 Å². The molecule has 3 aliphatic rings. The van der Waals surface area contributed by atoms with Crippen molar-refractivity contribution in [3.8, 4) is 5.75 Å². The van der Waals surface area contributed by atoms with Crippen LogP contribution < -0.4 is 10.1 Å². The molecule has 2 aliphatic carbocycles. The maximum Gasteiger partial charge on any atom is 0.328 e. The van der Waals surface area contributed by atoms with Crippen LogP contribution in [0.15, 0.2) is 48.6 Å². The van der Waals surface area contributed by atoms with E-state index in [2.05, 4.69) is 35.7 Å². The predicted octanol–water partition coefficient (Wildman–Crippen LogP) is 2.07. The zero-order chi connectivity index (χ0) is 18.7. The third-order valence-electron chi connectivity index (χ3n) is 5.71. The lowest BCUT2D eigenvalue weighted by atomic mass is 9.66. The van der Waals surface area contributed by atoms with Gasteiger partial charge in [-0.25, -0.2) is 9.59 Å². The van der Waals surface area contributed by atoms with Gasteiger partial charge in [-0.3, -0.25) is 0 Å². The highest BCUT2D eigenvalue weighted by molar-refractivity contribution is 5.89. The van der Waals surface area contributed by atoms with E-state index in [9.17, 15) is 9.59 Å². The number of hydrogen-bond donors (Lipinski definition) is 3. The van der Waals surface area contributed by atoms with Gasteiger partial charge in [-0.15, -0.1) is 0 Å². The zero-order valence-corrected chi connectivity index (χ0v) is 14.6. The third kappa shape index (κ3) is 3.24. The van der Waals surface area contributed by atoms with Crippen molar-refractivity contribution < 1.29 is 24.5 Å². The molecule has 3 N–H and O–H groups in total. The number of aliphatic carboxylic acids is 2. The number of ether oxygens (including phenoxy) is 1. The first kappa shape index (κ1) is 18.2. The van der Waals surface area contributed by atoms with Gasteiger partial charge in [0.2, 0.25) is 0 Å². The molecule has 4 unspecified atom stereocenters. The SMILES string of the molecule is COc1cccc(C23CNCC2C2C=CC3C2)c1.O=C(O)C=CC(=O)O. The van der Waals surface area contributed by atoms with E-state index in [1.165, 1.54) is 18.5 Å². The fourth-order valence-electron chi connectivity index (χ4n) is 4.68. The minimum atomic E-state index is -1.26. The second kappa shape index (κ2) is 7.33. The van der Waals surface area contributed by atoms with Crippen LogP contribution in [0.4, 0.5) is 0 Å². The molecule has 2 fully saturated rings. The molecule has 1 heterocycles. The Bertz CT molecular complexity index is 740. The molecule has 6 heteroatoms. The van der Waals surface area contributed by atoms with E-state index >= 15 is 0 Å². The van der Waals surface area contributed by atoms with E-state index in [1.807, 2.05) is 6.07 Å². The summed E-state index contributed by atoms with van der Waals surface area (Å²) in [5.41, 5.74) is 1.79. The van der Waals surface area contributed by atoms with Crippen molar-refractivity contribution in [1.29, 1.82) is 0 Å². The van der Waals surface area contributed by atoms with Crippen molar-refractivity contribution in [3.63, 3.8) is 0 Å². The van der Waals surface area contributed by atoms with Crippen LogP contribution in [0.5, 0.6) is 5.75 Å². The van der Waals surface area contributed by atoms with Gasteiger partial charge in [0.1, 0.15) is 5.75 Å². The summed E-state index contributed by atoms with van der Waals surface area (Å²) in [4.78, 5) is 19.1. The number of carboxylic acids is 2. The summed E-state index contributed by atoms with van der Waals surface area (Å²) in [5.74, 6) is 0.754. The quantitative estimate of drug-likeness (QED) is 0.564. The van der Waals surface area contributed by atoms with Crippen LogP contribution >= 0.6 is 0 Å². The van der Waals surface area contributed by atoms with Crippen molar-refractivity contribution in [2.75, 3.05) is 20.2 Å². The third-order valence-corrected chi connectivity index (χ3v) is 5.71. The predicted molar refractivity (Wildman–Crippen MR) is 96.2 cm³/mol. The number of fused-ring (bicyclic) bond motifs is 5. The van der Waals surface area contributed by atoms with Gasteiger partial charge < -0.3 is 20.3 Å². The molecule has 4 atom stereocenters. The highest BCUT2D eigenvalue weighted by atomic mass is 16.5. The molecule has 4 rings (SSSR count). The Morgan fingerprint density at radius 2 is 1.96 bits per heavy atom. The van der Waals surface area contributed by atoms with E-state index in [0.717, 1.165) is 30.0 Å². The number of allylic oxidation sites excluding steroid dienone is 2. The molecule has 6 nitrogen and oxygen atoms in total. The first-order chi connectivity index (χ1) is 12.5. The van der Waals surface area contributed by atoms with E-state index < -0.39 is 11.9 Å². The number of benzene rings is 1. The summed E-state index contributed by atoms with van der Waals surface area (Å²) < 4.78 is 5.40. The van der Waals surface area contributed by atoms with Crippen molar-refractivity contribution in [2.45, 2.75) is 11.8 Å². The van der Waals surface area contributed by atoms with E-state index in [0.29, 0.717) is 17.6 Å². The molecule has 0 radical (unpaired) electrons. The van der Waals surface area contributed by atoms with Gasteiger partial charge in [-0.2, -0.15) is 0 Å².